The van der Waals surface area contributed by atoms with Crippen LogP contribution in [-0.2, 0) is 10.0 Å². The summed E-state index contributed by atoms with van der Waals surface area (Å²) < 4.78 is 28.3. The fourth-order valence-corrected chi connectivity index (χ4v) is 6.35. The van der Waals surface area contributed by atoms with Crippen LogP contribution in [0.1, 0.15) is 45.9 Å². The molecule has 4 aromatic rings. The third kappa shape index (κ3) is 4.79. The molecule has 2 aromatic carbocycles. The van der Waals surface area contributed by atoms with Crippen LogP contribution in [0.25, 0.3) is 5.69 Å². The zero-order valence-electron chi connectivity index (χ0n) is 22.1. The van der Waals surface area contributed by atoms with E-state index in [1.54, 1.807) is 18.3 Å². The van der Waals surface area contributed by atoms with E-state index in [-0.39, 0.29) is 12.1 Å². The molecule has 0 amide bonds. The van der Waals surface area contributed by atoms with Gasteiger partial charge in [-0.2, -0.15) is 0 Å². The zero-order chi connectivity index (χ0) is 27.2. The van der Waals surface area contributed by atoms with Crippen LogP contribution in [0.2, 0.25) is 0 Å². The smallest absolute Gasteiger partial charge is 0.229 e. The highest BCUT2D eigenvalue weighted by atomic mass is 32.2. The largest absolute Gasteiger partial charge is 0.351 e. The van der Waals surface area contributed by atoms with Gasteiger partial charge in [0.15, 0.2) is 5.11 Å². The predicted molar refractivity (Wildman–Crippen MR) is 158 cm³/mol. The monoisotopic (exact) mass is 545 g/mol. The number of anilines is 2. The lowest BCUT2D eigenvalue weighted by atomic mass is 9.96. The van der Waals surface area contributed by atoms with Crippen LogP contribution in [0.3, 0.4) is 0 Å². The van der Waals surface area contributed by atoms with Crippen molar-refractivity contribution in [3.8, 4) is 5.69 Å². The number of nitrogens with one attached hydrogen (secondary N) is 2. The average molecular weight is 546 g/mol. The van der Waals surface area contributed by atoms with Crippen molar-refractivity contribution >= 4 is 38.7 Å². The van der Waals surface area contributed by atoms with Gasteiger partial charge in [-0.25, -0.2) is 8.42 Å². The average Bonchev–Trinajstić information content (AvgIpc) is 3.35. The Morgan fingerprint density at radius 3 is 2.24 bits per heavy atom. The minimum atomic E-state index is -3.37. The Morgan fingerprint density at radius 1 is 0.947 bits per heavy atom. The van der Waals surface area contributed by atoms with E-state index in [2.05, 4.69) is 76.5 Å². The summed E-state index contributed by atoms with van der Waals surface area (Å²) in [5.74, 6) is 0. The number of hydrogen-bond acceptors (Lipinski definition) is 4. The molecule has 1 saturated heterocycles. The number of rotatable bonds is 6. The molecule has 9 heteroatoms. The highest BCUT2D eigenvalue weighted by Gasteiger charge is 2.42. The standard InChI is InChI=1S/C29H31N5O2S2/c1-18-9-8-10-19(2)27(18)33-20(3)17-24(21(33)4)28-26(25-11-6-7-16-30-25)31-29(37)34(28)23-14-12-22(13-15-23)32-38(5,35)36/h6-17,26,28,32H,1-5H3,(H,31,37)/t26-,28-/m0/s1. The Hall–Kier alpha value is -3.69. The summed E-state index contributed by atoms with van der Waals surface area (Å²) in [4.78, 5) is 6.77. The van der Waals surface area contributed by atoms with Gasteiger partial charge in [-0.1, -0.05) is 24.3 Å². The van der Waals surface area contributed by atoms with E-state index in [4.69, 9.17) is 12.2 Å². The molecule has 2 aromatic heterocycles. The Balaban J connectivity index is 1.65. The molecule has 1 fully saturated rings. The fraction of sp³-hybridized carbons (Fsp3) is 0.241. The quantitative estimate of drug-likeness (QED) is 0.305. The lowest BCUT2D eigenvalue weighted by Gasteiger charge is -2.28. The third-order valence-corrected chi connectivity index (χ3v) is 7.92. The van der Waals surface area contributed by atoms with E-state index >= 15 is 0 Å². The van der Waals surface area contributed by atoms with E-state index in [0.717, 1.165) is 34.6 Å². The molecule has 7 nitrogen and oxygen atoms in total. The van der Waals surface area contributed by atoms with Gasteiger partial charge in [0.25, 0.3) is 0 Å². The first-order valence-corrected chi connectivity index (χ1v) is 14.7. The molecule has 2 N–H and O–H groups in total. The minimum Gasteiger partial charge on any atom is -0.351 e. The Labute approximate surface area is 229 Å². The fourth-order valence-electron chi connectivity index (χ4n) is 5.44. The summed E-state index contributed by atoms with van der Waals surface area (Å²) in [7, 11) is -3.37. The van der Waals surface area contributed by atoms with Crippen LogP contribution in [0.15, 0.2) is 72.9 Å². The number of aromatic nitrogens is 2. The number of benzene rings is 2. The minimum absolute atomic E-state index is 0.171. The summed E-state index contributed by atoms with van der Waals surface area (Å²) in [6, 6.07) is 21.5. The Bertz CT molecular complexity index is 1590. The van der Waals surface area contributed by atoms with Crippen molar-refractivity contribution in [1.82, 2.24) is 14.9 Å². The van der Waals surface area contributed by atoms with Crippen molar-refractivity contribution in [1.29, 1.82) is 0 Å². The molecule has 0 radical (unpaired) electrons. The third-order valence-electron chi connectivity index (χ3n) is 7.00. The van der Waals surface area contributed by atoms with Gasteiger partial charge in [-0.3, -0.25) is 9.71 Å². The van der Waals surface area contributed by atoms with Gasteiger partial charge in [-0.15, -0.1) is 0 Å². The highest BCUT2D eigenvalue weighted by Crippen LogP contribution is 2.44. The molecule has 1 aliphatic heterocycles. The van der Waals surface area contributed by atoms with E-state index in [1.807, 2.05) is 30.3 Å². The lowest BCUT2D eigenvalue weighted by Crippen LogP contribution is -2.29. The first-order chi connectivity index (χ1) is 18.0. The normalized spacial score (nSPS) is 17.5. The molecular weight excluding hydrogens is 514 g/mol. The zero-order valence-corrected chi connectivity index (χ0v) is 23.7. The number of sulfonamides is 1. The molecule has 3 heterocycles. The summed E-state index contributed by atoms with van der Waals surface area (Å²) in [6.45, 7) is 8.57. The number of hydrogen-bond donors (Lipinski definition) is 2. The number of pyridine rings is 1. The first-order valence-electron chi connectivity index (χ1n) is 12.4. The van der Waals surface area contributed by atoms with Crippen molar-refractivity contribution in [2.24, 2.45) is 0 Å². The van der Waals surface area contributed by atoms with Crippen molar-refractivity contribution in [3.63, 3.8) is 0 Å². The highest BCUT2D eigenvalue weighted by molar-refractivity contribution is 7.92. The van der Waals surface area contributed by atoms with Crippen LogP contribution >= 0.6 is 12.2 Å². The van der Waals surface area contributed by atoms with Crippen LogP contribution in [0.4, 0.5) is 11.4 Å². The van der Waals surface area contributed by atoms with E-state index in [1.165, 1.54) is 16.8 Å². The SMILES string of the molecule is Cc1cccc(C)c1-n1c(C)cc([C@H]2[C@H](c3ccccn3)NC(=S)N2c2ccc(NS(C)(=O)=O)cc2)c1C. The molecule has 196 valence electrons. The number of thiocarbonyl (C=S) groups is 1. The van der Waals surface area contributed by atoms with Crippen LogP contribution in [0, 0.1) is 27.7 Å². The summed E-state index contributed by atoms with van der Waals surface area (Å²) in [6.07, 6.45) is 2.94. The van der Waals surface area contributed by atoms with Gasteiger partial charge < -0.3 is 14.8 Å². The van der Waals surface area contributed by atoms with Crippen molar-refractivity contribution < 1.29 is 8.42 Å². The van der Waals surface area contributed by atoms with E-state index < -0.39 is 10.0 Å². The van der Waals surface area contributed by atoms with Crippen LogP contribution in [-0.4, -0.2) is 29.3 Å². The molecule has 5 rings (SSSR count). The number of aryl methyl sites for hydroxylation is 3. The molecule has 0 aliphatic carbocycles. The maximum Gasteiger partial charge on any atom is 0.229 e. The second kappa shape index (κ2) is 9.89. The van der Waals surface area contributed by atoms with Gasteiger partial charge in [0.05, 0.1) is 29.7 Å². The van der Waals surface area contributed by atoms with Crippen molar-refractivity contribution in [3.05, 3.63) is 107 Å². The predicted octanol–water partition coefficient (Wildman–Crippen LogP) is 5.65. The number of nitrogens with zero attached hydrogens (tertiary/aromatic N) is 3. The summed E-state index contributed by atoms with van der Waals surface area (Å²) in [5, 5.41) is 4.10. The van der Waals surface area contributed by atoms with Gasteiger partial charge in [0.1, 0.15) is 0 Å². The van der Waals surface area contributed by atoms with Crippen LogP contribution < -0.4 is 14.9 Å². The van der Waals surface area contributed by atoms with Crippen molar-refractivity contribution in [2.45, 2.75) is 39.8 Å². The van der Waals surface area contributed by atoms with Gasteiger partial charge in [0, 0.05) is 29.0 Å². The van der Waals surface area contributed by atoms with E-state index in [0.29, 0.717) is 10.8 Å². The molecule has 0 spiro atoms. The molecule has 0 saturated carbocycles. The molecule has 38 heavy (non-hydrogen) atoms. The maximum absolute atomic E-state index is 11.7. The molecule has 2 atom stereocenters. The Morgan fingerprint density at radius 2 is 1.63 bits per heavy atom. The van der Waals surface area contributed by atoms with Crippen LogP contribution in [0.5, 0.6) is 0 Å². The molecule has 0 bridgehead atoms. The van der Waals surface area contributed by atoms with Gasteiger partial charge >= 0.3 is 0 Å². The molecule has 1 aliphatic rings. The maximum atomic E-state index is 11.7. The molecule has 0 unspecified atom stereocenters. The topological polar surface area (TPSA) is 79.3 Å². The number of para-hydroxylation sites is 1. The van der Waals surface area contributed by atoms with Gasteiger partial charge in [0.2, 0.25) is 10.0 Å². The van der Waals surface area contributed by atoms with E-state index in [9.17, 15) is 8.42 Å². The summed E-state index contributed by atoms with van der Waals surface area (Å²) in [5.41, 5.74) is 9.30. The first kappa shape index (κ1) is 25.9. The second-order valence-corrected chi connectivity index (χ2v) is 12.0. The Kier molecular flexibility index (Phi) is 6.75. The summed E-state index contributed by atoms with van der Waals surface area (Å²) >= 11 is 5.88. The van der Waals surface area contributed by atoms with Gasteiger partial charge in [-0.05, 0) is 99.1 Å². The lowest BCUT2D eigenvalue weighted by molar-refractivity contribution is 0.565. The van der Waals surface area contributed by atoms with Crippen molar-refractivity contribution in [2.75, 3.05) is 15.9 Å². The second-order valence-electron chi connectivity index (χ2n) is 9.82. The molecular formula is C29H31N5O2S2.